The minimum Gasteiger partial charge on any atom is -0.341 e. The zero-order chi connectivity index (χ0) is 20.3. The third-order valence-corrected chi connectivity index (χ3v) is 6.15. The maximum atomic E-state index is 12.4. The molecule has 2 aromatic carbocycles. The van der Waals surface area contributed by atoms with Crippen molar-refractivity contribution in [3.05, 3.63) is 65.2 Å². The number of carbonyl (C=O) groups is 1. The van der Waals surface area contributed by atoms with E-state index in [4.69, 9.17) is 0 Å². The van der Waals surface area contributed by atoms with E-state index in [0.717, 1.165) is 5.56 Å². The van der Waals surface area contributed by atoms with Crippen molar-refractivity contribution in [2.45, 2.75) is 37.6 Å². The van der Waals surface area contributed by atoms with Crippen LogP contribution >= 0.6 is 0 Å². The number of amides is 1. The second kappa shape index (κ2) is 8.14. The van der Waals surface area contributed by atoms with Gasteiger partial charge in [-0.1, -0.05) is 50.2 Å². The molecule has 148 valence electrons. The van der Waals surface area contributed by atoms with Crippen LogP contribution in [-0.4, -0.2) is 38.7 Å². The quantitative estimate of drug-likeness (QED) is 0.811. The maximum Gasteiger partial charge on any atom is 0.263 e. The predicted molar refractivity (Wildman–Crippen MR) is 110 cm³/mol. The van der Waals surface area contributed by atoms with Gasteiger partial charge in [-0.05, 0) is 29.2 Å². The molecule has 0 unspecified atom stereocenters. The van der Waals surface area contributed by atoms with Gasteiger partial charge in [0, 0.05) is 25.6 Å². The molecule has 0 aromatic heterocycles. The van der Waals surface area contributed by atoms with E-state index in [1.807, 2.05) is 12.1 Å². The summed E-state index contributed by atoms with van der Waals surface area (Å²) in [6.07, 6.45) is 0.216. The Morgan fingerprint density at radius 2 is 1.79 bits per heavy atom. The second-order valence-electron chi connectivity index (χ2n) is 7.23. The van der Waals surface area contributed by atoms with Crippen molar-refractivity contribution in [2.75, 3.05) is 13.6 Å². The van der Waals surface area contributed by atoms with Crippen molar-refractivity contribution in [2.24, 2.45) is 4.99 Å². The summed E-state index contributed by atoms with van der Waals surface area (Å²) in [5.41, 5.74) is 2.89. The van der Waals surface area contributed by atoms with Gasteiger partial charge in [0.05, 0.1) is 11.4 Å². The number of sulfonamides is 1. The molecule has 0 spiro atoms. The molecular formula is C21H25N3O3S. The third kappa shape index (κ3) is 4.42. The van der Waals surface area contributed by atoms with E-state index in [-0.39, 0.29) is 23.8 Å². The molecule has 1 amide bonds. The Kier molecular flexibility index (Phi) is 5.84. The maximum absolute atomic E-state index is 12.4. The smallest absolute Gasteiger partial charge is 0.263 e. The van der Waals surface area contributed by atoms with E-state index in [2.05, 4.69) is 35.7 Å². The van der Waals surface area contributed by atoms with Crippen LogP contribution in [0, 0.1) is 0 Å². The summed E-state index contributed by atoms with van der Waals surface area (Å²) in [5.74, 6) is 0.743. The highest BCUT2D eigenvalue weighted by atomic mass is 32.2. The molecule has 7 heteroatoms. The highest BCUT2D eigenvalue weighted by molar-refractivity contribution is 7.90. The number of nitrogens with one attached hydrogen (secondary N) is 1. The van der Waals surface area contributed by atoms with E-state index in [9.17, 15) is 13.2 Å². The Morgan fingerprint density at radius 3 is 2.46 bits per heavy atom. The Labute approximate surface area is 166 Å². The summed E-state index contributed by atoms with van der Waals surface area (Å²) >= 11 is 0. The molecule has 1 N–H and O–H groups in total. The largest absolute Gasteiger partial charge is 0.341 e. The zero-order valence-corrected chi connectivity index (χ0v) is 17.2. The lowest BCUT2D eigenvalue weighted by Crippen LogP contribution is -2.27. The number of hydrogen-bond acceptors (Lipinski definition) is 4. The van der Waals surface area contributed by atoms with Crippen molar-refractivity contribution in [3.63, 3.8) is 0 Å². The van der Waals surface area contributed by atoms with E-state index >= 15 is 0 Å². The van der Waals surface area contributed by atoms with Gasteiger partial charge in [-0.25, -0.2) is 8.42 Å². The van der Waals surface area contributed by atoms with Gasteiger partial charge in [-0.2, -0.15) is 0 Å². The van der Waals surface area contributed by atoms with Crippen molar-refractivity contribution in [1.82, 2.24) is 9.62 Å². The van der Waals surface area contributed by atoms with Crippen LogP contribution in [0.5, 0.6) is 0 Å². The first-order chi connectivity index (χ1) is 13.3. The minimum absolute atomic E-state index is 0.0357. The van der Waals surface area contributed by atoms with Crippen LogP contribution in [0.3, 0.4) is 0 Å². The van der Waals surface area contributed by atoms with Gasteiger partial charge in [0.2, 0.25) is 5.91 Å². The van der Waals surface area contributed by atoms with Gasteiger partial charge < -0.3 is 4.90 Å². The van der Waals surface area contributed by atoms with E-state index in [0.29, 0.717) is 23.9 Å². The number of nitrogens with zero attached hydrogens (tertiary/aromatic N) is 2. The van der Waals surface area contributed by atoms with Gasteiger partial charge in [-0.3, -0.25) is 14.5 Å². The predicted octanol–water partition coefficient (Wildman–Crippen LogP) is 2.90. The second-order valence-corrected chi connectivity index (χ2v) is 8.88. The molecule has 0 aliphatic carbocycles. The number of benzene rings is 2. The van der Waals surface area contributed by atoms with Crippen molar-refractivity contribution >= 4 is 21.8 Å². The molecule has 0 fully saturated rings. The van der Waals surface area contributed by atoms with Crippen LogP contribution in [0.2, 0.25) is 0 Å². The van der Waals surface area contributed by atoms with Gasteiger partial charge in [0.1, 0.15) is 5.84 Å². The van der Waals surface area contributed by atoms with Gasteiger partial charge >= 0.3 is 0 Å². The van der Waals surface area contributed by atoms with Crippen molar-refractivity contribution < 1.29 is 13.2 Å². The summed E-state index contributed by atoms with van der Waals surface area (Å²) in [6.45, 7) is 5.05. The molecule has 0 radical (unpaired) electrons. The topological polar surface area (TPSA) is 78.8 Å². The Hall–Kier alpha value is -2.67. The molecule has 0 atom stereocenters. The van der Waals surface area contributed by atoms with Crippen LogP contribution in [-0.2, 0) is 21.4 Å². The summed E-state index contributed by atoms with van der Waals surface area (Å²) in [4.78, 5) is 18.6. The lowest BCUT2D eigenvalue weighted by Gasteiger charge is -2.17. The molecule has 1 aliphatic rings. The Balaban J connectivity index is 1.58. The number of aliphatic imine (C=N–C) groups is 1. The Morgan fingerprint density at radius 1 is 1.11 bits per heavy atom. The highest BCUT2D eigenvalue weighted by Gasteiger charge is 2.29. The number of fused-ring (bicyclic) bond motifs is 1. The average molecular weight is 400 g/mol. The summed E-state index contributed by atoms with van der Waals surface area (Å²) < 4.78 is 26.6. The van der Waals surface area contributed by atoms with Gasteiger partial charge in [-0.15, -0.1) is 0 Å². The summed E-state index contributed by atoms with van der Waals surface area (Å²) in [6, 6.07) is 15.0. The van der Waals surface area contributed by atoms with E-state index in [1.165, 1.54) is 5.56 Å². The minimum atomic E-state index is -3.55. The summed E-state index contributed by atoms with van der Waals surface area (Å²) in [7, 11) is -1.79. The molecule has 0 saturated carbocycles. The molecule has 1 heterocycles. The lowest BCUT2D eigenvalue weighted by atomic mass is 10.0. The number of hydrogen-bond donors (Lipinski definition) is 1. The molecule has 3 rings (SSSR count). The van der Waals surface area contributed by atoms with Gasteiger partial charge in [0.15, 0.2) is 0 Å². The van der Waals surface area contributed by atoms with Crippen molar-refractivity contribution in [3.8, 4) is 0 Å². The van der Waals surface area contributed by atoms with Crippen LogP contribution < -0.4 is 4.72 Å². The Bertz CT molecular complexity index is 996. The molecule has 0 saturated heterocycles. The number of carbonyl (C=O) groups excluding carboxylic acids is 1. The fourth-order valence-electron chi connectivity index (χ4n) is 3.08. The lowest BCUT2D eigenvalue weighted by molar-refractivity contribution is -0.130. The molecule has 0 bridgehead atoms. The van der Waals surface area contributed by atoms with Crippen LogP contribution in [0.4, 0.5) is 0 Å². The van der Waals surface area contributed by atoms with Crippen molar-refractivity contribution in [1.29, 1.82) is 0 Å². The first kappa shape index (κ1) is 20.1. The molecular weight excluding hydrogens is 374 g/mol. The van der Waals surface area contributed by atoms with Crippen LogP contribution in [0.25, 0.3) is 0 Å². The monoisotopic (exact) mass is 399 g/mol. The first-order valence-corrected chi connectivity index (χ1v) is 10.8. The highest BCUT2D eigenvalue weighted by Crippen LogP contribution is 2.22. The molecule has 28 heavy (non-hydrogen) atoms. The SMILES string of the molecule is CC(C)c1ccc(CN(C)C(=O)CCN=C2NS(=O)(=O)c3ccccc32)cc1. The van der Waals surface area contributed by atoms with Crippen LogP contribution in [0.1, 0.15) is 42.9 Å². The van der Waals surface area contributed by atoms with E-state index in [1.54, 1.807) is 36.2 Å². The average Bonchev–Trinajstić information content (AvgIpc) is 2.93. The standard InChI is InChI=1S/C21H25N3O3S/c1-15(2)17-10-8-16(9-11-17)14-24(3)20(25)12-13-22-21-18-6-4-5-7-19(18)28(26,27)23-21/h4-11,15H,12-14H2,1-3H3,(H,22,23). The number of rotatable bonds is 6. The summed E-state index contributed by atoms with van der Waals surface area (Å²) in [5, 5.41) is 0. The number of amidine groups is 1. The molecule has 2 aromatic rings. The van der Waals surface area contributed by atoms with Gasteiger partial charge in [0.25, 0.3) is 10.0 Å². The third-order valence-electron chi connectivity index (χ3n) is 4.75. The van der Waals surface area contributed by atoms with E-state index < -0.39 is 10.0 Å². The molecule has 1 aliphatic heterocycles. The normalized spacial score (nSPS) is 16.1. The first-order valence-electron chi connectivity index (χ1n) is 9.27. The zero-order valence-electron chi connectivity index (χ0n) is 16.3. The fourth-order valence-corrected chi connectivity index (χ4v) is 4.33. The molecule has 6 nitrogen and oxygen atoms in total. The van der Waals surface area contributed by atoms with Crippen LogP contribution in [0.15, 0.2) is 58.4 Å². The fraction of sp³-hybridized carbons (Fsp3) is 0.333.